The minimum atomic E-state index is 0.297. The SMILES string of the molecule is Cc1ccncc1-c1c2ccc(CC(C)(C)C)cc2cc(C)[n+]1C. The van der Waals surface area contributed by atoms with Gasteiger partial charge in [-0.05, 0) is 47.4 Å². The molecular formula is C22H27N2+. The van der Waals surface area contributed by atoms with Gasteiger partial charge in [0.15, 0.2) is 5.69 Å². The number of benzene rings is 1. The highest BCUT2D eigenvalue weighted by molar-refractivity contribution is 5.94. The number of hydrogen-bond acceptors (Lipinski definition) is 1. The third kappa shape index (κ3) is 3.19. The van der Waals surface area contributed by atoms with Gasteiger partial charge in [0, 0.05) is 25.4 Å². The molecule has 0 aliphatic carbocycles. The maximum absolute atomic E-state index is 4.35. The number of fused-ring (bicyclic) bond motifs is 1. The van der Waals surface area contributed by atoms with Crippen molar-refractivity contribution < 1.29 is 4.57 Å². The lowest BCUT2D eigenvalue weighted by Gasteiger charge is -2.18. The Hall–Kier alpha value is -2.22. The highest BCUT2D eigenvalue weighted by Gasteiger charge is 2.20. The van der Waals surface area contributed by atoms with Gasteiger partial charge in [-0.1, -0.05) is 32.9 Å². The molecule has 3 aromatic rings. The molecule has 0 aliphatic rings. The Kier molecular flexibility index (Phi) is 4.16. The highest BCUT2D eigenvalue weighted by atomic mass is 14.9. The molecular weight excluding hydrogens is 292 g/mol. The van der Waals surface area contributed by atoms with Crippen LogP contribution in [0, 0.1) is 19.3 Å². The molecule has 0 amide bonds. The van der Waals surface area contributed by atoms with Gasteiger partial charge in [0.25, 0.3) is 0 Å². The zero-order valence-corrected chi connectivity index (χ0v) is 15.6. The lowest BCUT2D eigenvalue weighted by molar-refractivity contribution is -0.665. The van der Waals surface area contributed by atoms with Gasteiger partial charge in [0.05, 0.1) is 10.9 Å². The van der Waals surface area contributed by atoms with E-state index in [4.69, 9.17) is 0 Å². The molecule has 0 fully saturated rings. The maximum atomic E-state index is 4.35. The van der Waals surface area contributed by atoms with E-state index >= 15 is 0 Å². The maximum Gasteiger partial charge on any atom is 0.222 e. The van der Waals surface area contributed by atoms with Crippen molar-refractivity contribution in [3.05, 3.63) is 59.5 Å². The molecule has 1 aromatic carbocycles. The van der Waals surface area contributed by atoms with Crippen molar-refractivity contribution in [1.82, 2.24) is 4.98 Å². The van der Waals surface area contributed by atoms with Crippen LogP contribution < -0.4 is 4.57 Å². The molecule has 24 heavy (non-hydrogen) atoms. The van der Waals surface area contributed by atoms with Crippen molar-refractivity contribution in [2.24, 2.45) is 12.5 Å². The van der Waals surface area contributed by atoms with E-state index in [0.29, 0.717) is 5.41 Å². The summed E-state index contributed by atoms with van der Waals surface area (Å²) in [6, 6.07) is 11.3. The second-order valence-electron chi connectivity index (χ2n) is 8.04. The number of pyridine rings is 2. The lowest BCUT2D eigenvalue weighted by Crippen LogP contribution is -2.35. The predicted molar refractivity (Wildman–Crippen MR) is 101 cm³/mol. The van der Waals surface area contributed by atoms with E-state index in [1.165, 1.54) is 38.9 Å². The average Bonchev–Trinajstić information content (AvgIpc) is 2.48. The summed E-state index contributed by atoms with van der Waals surface area (Å²) in [7, 11) is 2.14. The van der Waals surface area contributed by atoms with Gasteiger partial charge in [-0.15, -0.1) is 0 Å². The van der Waals surface area contributed by atoms with Crippen LogP contribution >= 0.6 is 0 Å². The molecule has 0 bridgehead atoms. The minimum absolute atomic E-state index is 0.297. The second-order valence-corrected chi connectivity index (χ2v) is 8.04. The first-order valence-electron chi connectivity index (χ1n) is 8.59. The van der Waals surface area contributed by atoms with Crippen molar-refractivity contribution in [1.29, 1.82) is 0 Å². The van der Waals surface area contributed by atoms with E-state index in [-0.39, 0.29) is 0 Å². The molecule has 0 radical (unpaired) electrons. The molecule has 2 aromatic heterocycles. The summed E-state index contributed by atoms with van der Waals surface area (Å²) in [5, 5.41) is 2.60. The molecule has 2 heterocycles. The first-order chi connectivity index (χ1) is 11.3. The van der Waals surface area contributed by atoms with Gasteiger partial charge < -0.3 is 0 Å². The summed E-state index contributed by atoms with van der Waals surface area (Å²) in [4.78, 5) is 4.35. The first-order valence-corrected chi connectivity index (χ1v) is 8.59. The third-order valence-electron chi connectivity index (χ3n) is 4.63. The zero-order chi connectivity index (χ0) is 17.5. The Morgan fingerprint density at radius 1 is 1.04 bits per heavy atom. The van der Waals surface area contributed by atoms with E-state index < -0.39 is 0 Å². The average molecular weight is 319 g/mol. The smallest absolute Gasteiger partial charge is 0.222 e. The summed E-state index contributed by atoms with van der Waals surface area (Å²) < 4.78 is 2.27. The van der Waals surface area contributed by atoms with Gasteiger partial charge in [0.2, 0.25) is 5.69 Å². The van der Waals surface area contributed by atoms with Crippen LogP contribution in [0.4, 0.5) is 0 Å². The number of aromatic nitrogens is 2. The summed E-state index contributed by atoms with van der Waals surface area (Å²) in [5.74, 6) is 0. The van der Waals surface area contributed by atoms with Crippen molar-refractivity contribution in [3.63, 3.8) is 0 Å². The van der Waals surface area contributed by atoms with Crippen LogP contribution in [0.25, 0.3) is 22.0 Å². The van der Waals surface area contributed by atoms with Crippen LogP contribution in [0.2, 0.25) is 0 Å². The number of rotatable bonds is 2. The van der Waals surface area contributed by atoms with E-state index in [1.807, 2.05) is 12.4 Å². The van der Waals surface area contributed by atoms with Crippen LogP contribution in [0.1, 0.15) is 37.6 Å². The van der Waals surface area contributed by atoms with Crippen LogP contribution in [0.5, 0.6) is 0 Å². The van der Waals surface area contributed by atoms with Gasteiger partial charge in [-0.2, -0.15) is 4.57 Å². The standard InChI is InChI=1S/C22H27N2/c1-15-9-10-23-14-20(15)21-19-8-7-17(13-22(3,4)5)12-18(19)11-16(2)24(21)6/h7-12,14H,13H2,1-6H3/q+1. The summed E-state index contributed by atoms with van der Waals surface area (Å²) in [6.45, 7) is 11.2. The summed E-state index contributed by atoms with van der Waals surface area (Å²) >= 11 is 0. The summed E-state index contributed by atoms with van der Waals surface area (Å²) in [5.41, 5.74) is 6.66. The van der Waals surface area contributed by atoms with E-state index in [2.05, 4.69) is 81.5 Å². The fraction of sp³-hybridized carbons (Fsp3) is 0.364. The molecule has 0 N–H and O–H groups in total. The zero-order valence-electron chi connectivity index (χ0n) is 15.6. The molecule has 124 valence electrons. The number of hydrogen-bond donors (Lipinski definition) is 0. The Morgan fingerprint density at radius 2 is 1.79 bits per heavy atom. The Morgan fingerprint density at radius 3 is 2.46 bits per heavy atom. The van der Waals surface area contributed by atoms with E-state index in [0.717, 1.165) is 6.42 Å². The fourth-order valence-corrected chi connectivity index (χ4v) is 3.39. The fourth-order valence-electron chi connectivity index (χ4n) is 3.39. The van der Waals surface area contributed by atoms with Gasteiger partial charge in [-0.25, -0.2) is 0 Å². The molecule has 2 heteroatoms. The van der Waals surface area contributed by atoms with Gasteiger partial charge in [-0.3, -0.25) is 4.98 Å². The first kappa shape index (κ1) is 16.6. The number of aryl methyl sites for hydroxylation is 2. The molecule has 0 aliphatic heterocycles. The normalized spacial score (nSPS) is 11.9. The largest absolute Gasteiger partial charge is 0.264 e. The minimum Gasteiger partial charge on any atom is -0.264 e. The molecule has 0 saturated heterocycles. The van der Waals surface area contributed by atoms with Gasteiger partial charge in [0.1, 0.15) is 7.05 Å². The van der Waals surface area contributed by atoms with Gasteiger partial charge >= 0.3 is 0 Å². The lowest BCUT2D eigenvalue weighted by atomic mass is 9.87. The van der Waals surface area contributed by atoms with Crippen molar-refractivity contribution in [2.75, 3.05) is 0 Å². The van der Waals surface area contributed by atoms with Crippen molar-refractivity contribution >= 4 is 10.8 Å². The molecule has 0 saturated carbocycles. The Labute approximate surface area is 145 Å². The summed E-state index contributed by atoms with van der Waals surface area (Å²) in [6.07, 6.45) is 4.93. The van der Waals surface area contributed by atoms with Crippen LogP contribution in [-0.4, -0.2) is 4.98 Å². The predicted octanol–water partition coefficient (Wildman–Crippen LogP) is 4.93. The number of nitrogens with zero attached hydrogens (tertiary/aromatic N) is 2. The molecule has 2 nitrogen and oxygen atoms in total. The van der Waals surface area contributed by atoms with Crippen LogP contribution in [0.15, 0.2) is 42.7 Å². The molecule has 3 rings (SSSR count). The Balaban J connectivity index is 2.26. The van der Waals surface area contributed by atoms with Crippen LogP contribution in [-0.2, 0) is 13.5 Å². The van der Waals surface area contributed by atoms with Crippen LogP contribution in [0.3, 0.4) is 0 Å². The molecule has 0 atom stereocenters. The highest BCUT2D eigenvalue weighted by Crippen LogP contribution is 2.30. The van der Waals surface area contributed by atoms with Crippen molar-refractivity contribution in [3.8, 4) is 11.3 Å². The van der Waals surface area contributed by atoms with E-state index in [1.54, 1.807) is 0 Å². The Bertz CT molecular complexity index is 902. The monoisotopic (exact) mass is 319 g/mol. The van der Waals surface area contributed by atoms with Crippen molar-refractivity contribution in [2.45, 2.75) is 41.0 Å². The van der Waals surface area contributed by atoms with E-state index in [9.17, 15) is 0 Å². The molecule has 0 unspecified atom stereocenters. The second kappa shape index (κ2) is 6.01. The quantitative estimate of drug-likeness (QED) is 0.612. The third-order valence-corrected chi connectivity index (χ3v) is 4.63. The molecule has 0 spiro atoms. The topological polar surface area (TPSA) is 16.8 Å².